The van der Waals surface area contributed by atoms with Crippen LogP contribution in [0.1, 0.15) is 29.7 Å². The summed E-state index contributed by atoms with van der Waals surface area (Å²) in [6.45, 7) is 6.07. The van der Waals surface area contributed by atoms with E-state index in [1.165, 1.54) is 12.8 Å². The number of nitrogens with one attached hydrogen (secondary N) is 1. The minimum absolute atomic E-state index is 0.588. The Morgan fingerprint density at radius 1 is 1.33 bits per heavy atom. The maximum atomic E-state index is 8.10. The van der Waals surface area contributed by atoms with Crippen molar-refractivity contribution < 1.29 is 0 Å². The van der Waals surface area contributed by atoms with E-state index in [0.717, 1.165) is 29.9 Å². The molecule has 3 nitrogen and oxygen atoms in total. The van der Waals surface area contributed by atoms with Crippen LogP contribution in [0.5, 0.6) is 0 Å². The highest BCUT2D eigenvalue weighted by Crippen LogP contribution is 2.14. The zero-order chi connectivity index (χ0) is 10.8. The van der Waals surface area contributed by atoms with E-state index in [0.29, 0.717) is 5.84 Å². The lowest BCUT2D eigenvalue weighted by Gasteiger charge is -2.19. The van der Waals surface area contributed by atoms with E-state index in [1.54, 1.807) is 0 Å². The van der Waals surface area contributed by atoms with Crippen molar-refractivity contribution in [2.24, 2.45) is 0 Å². The van der Waals surface area contributed by atoms with Gasteiger partial charge in [0, 0.05) is 19.3 Å². The van der Waals surface area contributed by atoms with Crippen molar-refractivity contribution in [3.05, 3.63) is 29.1 Å². The fourth-order valence-corrected chi connectivity index (χ4v) is 2.05. The molecule has 1 aromatic heterocycles. The Kier molecular flexibility index (Phi) is 2.71. The fourth-order valence-electron chi connectivity index (χ4n) is 2.05. The number of aryl methyl sites for hydroxylation is 2. The Morgan fingerprint density at radius 2 is 2.00 bits per heavy atom. The topological polar surface area (TPSA) is 40.0 Å². The molecular formula is C12H17N3. The molecule has 15 heavy (non-hydrogen) atoms. The molecule has 1 fully saturated rings. The highest BCUT2D eigenvalue weighted by molar-refractivity contribution is 5.95. The zero-order valence-electron chi connectivity index (χ0n) is 9.38. The van der Waals surface area contributed by atoms with Crippen molar-refractivity contribution in [1.29, 1.82) is 5.41 Å². The average Bonchev–Trinajstić information content (AvgIpc) is 2.69. The van der Waals surface area contributed by atoms with Gasteiger partial charge in [-0.2, -0.15) is 0 Å². The minimum Gasteiger partial charge on any atom is -0.355 e. The second kappa shape index (κ2) is 4.01. The van der Waals surface area contributed by atoms with Crippen LogP contribution in [0, 0.1) is 19.3 Å². The van der Waals surface area contributed by atoms with Crippen LogP contribution in [0.25, 0.3) is 0 Å². The molecular weight excluding hydrogens is 186 g/mol. The second-order valence-corrected chi connectivity index (χ2v) is 4.22. The standard InChI is InChI=1S/C12H17N3/c1-9-7-10(2)11(14-8-9)12(13)15-5-3-4-6-15/h7-8,13H,3-6H2,1-2H3. The van der Waals surface area contributed by atoms with E-state index in [9.17, 15) is 0 Å². The van der Waals surface area contributed by atoms with Crippen LogP contribution >= 0.6 is 0 Å². The van der Waals surface area contributed by atoms with Gasteiger partial charge in [-0.15, -0.1) is 0 Å². The summed E-state index contributed by atoms with van der Waals surface area (Å²) in [5.74, 6) is 0.588. The normalized spacial score (nSPS) is 15.7. The number of hydrogen-bond acceptors (Lipinski definition) is 2. The maximum absolute atomic E-state index is 8.10. The van der Waals surface area contributed by atoms with Crippen molar-refractivity contribution in [3.8, 4) is 0 Å². The SMILES string of the molecule is Cc1cnc(C(=N)N2CCCC2)c(C)c1. The van der Waals surface area contributed by atoms with E-state index in [4.69, 9.17) is 5.41 Å². The zero-order valence-corrected chi connectivity index (χ0v) is 9.38. The van der Waals surface area contributed by atoms with Crippen LogP contribution in [-0.2, 0) is 0 Å². The predicted octanol–water partition coefficient (Wildman–Crippen LogP) is 2.12. The van der Waals surface area contributed by atoms with Crippen LogP contribution < -0.4 is 0 Å². The summed E-state index contributed by atoms with van der Waals surface area (Å²) in [6, 6.07) is 2.09. The molecule has 0 spiro atoms. The molecule has 0 aromatic carbocycles. The van der Waals surface area contributed by atoms with Crippen molar-refractivity contribution in [3.63, 3.8) is 0 Å². The molecule has 0 unspecified atom stereocenters. The molecule has 3 heteroatoms. The summed E-state index contributed by atoms with van der Waals surface area (Å²) in [5, 5.41) is 8.10. The van der Waals surface area contributed by atoms with Crippen LogP contribution in [0.3, 0.4) is 0 Å². The molecule has 2 heterocycles. The molecule has 0 bridgehead atoms. The first kappa shape index (κ1) is 10.1. The smallest absolute Gasteiger partial charge is 0.147 e. The molecule has 0 radical (unpaired) electrons. The molecule has 1 aliphatic heterocycles. The Morgan fingerprint density at radius 3 is 2.60 bits per heavy atom. The number of rotatable bonds is 1. The first-order valence-corrected chi connectivity index (χ1v) is 5.45. The number of nitrogens with zero attached hydrogens (tertiary/aromatic N) is 2. The predicted molar refractivity (Wildman–Crippen MR) is 61.3 cm³/mol. The van der Waals surface area contributed by atoms with E-state index >= 15 is 0 Å². The molecule has 1 aromatic rings. The molecule has 2 rings (SSSR count). The highest BCUT2D eigenvalue weighted by atomic mass is 15.2. The van der Waals surface area contributed by atoms with Crippen LogP contribution in [0.4, 0.5) is 0 Å². The van der Waals surface area contributed by atoms with E-state index in [1.807, 2.05) is 20.0 Å². The maximum Gasteiger partial charge on any atom is 0.147 e. The monoisotopic (exact) mass is 203 g/mol. The number of aromatic nitrogens is 1. The molecule has 0 atom stereocenters. The van der Waals surface area contributed by atoms with Crippen LogP contribution in [-0.4, -0.2) is 28.8 Å². The van der Waals surface area contributed by atoms with Gasteiger partial charge in [-0.25, -0.2) is 0 Å². The third-order valence-corrected chi connectivity index (χ3v) is 2.86. The summed E-state index contributed by atoms with van der Waals surface area (Å²) in [7, 11) is 0. The van der Waals surface area contributed by atoms with Crippen molar-refractivity contribution in [2.75, 3.05) is 13.1 Å². The lowest BCUT2D eigenvalue weighted by atomic mass is 10.1. The lowest BCUT2D eigenvalue weighted by molar-refractivity contribution is 0.515. The Bertz CT molecular complexity index is 378. The Labute approximate surface area is 90.6 Å². The molecule has 0 saturated carbocycles. The minimum atomic E-state index is 0.588. The van der Waals surface area contributed by atoms with E-state index < -0.39 is 0 Å². The molecule has 0 aliphatic carbocycles. The van der Waals surface area contributed by atoms with Gasteiger partial charge < -0.3 is 4.90 Å². The summed E-state index contributed by atoms with van der Waals surface area (Å²) in [4.78, 5) is 6.47. The van der Waals surface area contributed by atoms with Crippen molar-refractivity contribution in [2.45, 2.75) is 26.7 Å². The quantitative estimate of drug-likeness (QED) is 0.561. The van der Waals surface area contributed by atoms with Crippen molar-refractivity contribution >= 4 is 5.84 Å². The molecule has 1 aliphatic rings. The number of pyridine rings is 1. The van der Waals surface area contributed by atoms with Gasteiger partial charge in [-0.1, -0.05) is 6.07 Å². The van der Waals surface area contributed by atoms with Gasteiger partial charge >= 0.3 is 0 Å². The van der Waals surface area contributed by atoms with Gasteiger partial charge in [0.2, 0.25) is 0 Å². The molecule has 1 saturated heterocycles. The summed E-state index contributed by atoms with van der Waals surface area (Å²) in [5.41, 5.74) is 3.10. The van der Waals surface area contributed by atoms with Gasteiger partial charge in [0.05, 0.1) is 0 Å². The first-order chi connectivity index (χ1) is 7.18. The third-order valence-electron chi connectivity index (χ3n) is 2.86. The average molecular weight is 203 g/mol. The fraction of sp³-hybridized carbons (Fsp3) is 0.500. The number of likely N-dealkylation sites (tertiary alicyclic amines) is 1. The Hall–Kier alpha value is -1.38. The number of hydrogen-bond donors (Lipinski definition) is 1. The van der Waals surface area contributed by atoms with Gasteiger partial charge in [-0.05, 0) is 37.8 Å². The van der Waals surface area contributed by atoms with Crippen LogP contribution in [0.2, 0.25) is 0 Å². The largest absolute Gasteiger partial charge is 0.355 e. The molecule has 80 valence electrons. The lowest BCUT2D eigenvalue weighted by Crippen LogP contribution is -2.29. The highest BCUT2D eigenvalue weighted by Gasteiger charge is 2.18. The van der Waals surface area contributed by atoms with Crippen molar-refractivity contribution in [1.82, 2.24) is 9.88 Å². The van der Waals surface area contributed by atoms with E-state index in [2.05, 4.69) is 16.0 Å². The van der Waals surface area contributed by atoms with Crippen LogP contribution in [0.15, 0.2) is 12.3 Å². The molecule has 1 N–H and O–H groups in total. The third kappa shape index (κ3) is 2.01. The molecule has 0 amide bonds. The van der Waals surface area contributed by atoms with Gasteiger partial charge in [0.15, 0.2) is 0 Å². The van der Waals surface area contributed by atoms with Gasteiger partial charge in [0.1, 0.15) is 11.5 Å². The second-order valence-electron chi connectivity index (χ2n) is 4.22. The van der Waals surface area contributed by atoms with E-state index in [-0.39, 0.29) is 0 Å². The summed E-state index contributed by atoms with van der Waals surface area (Å²) < 4.78 is 0. The van der Waals surface area contributed by atoms with Gasteiger partial charge in [-0.3, -0.25) is 10.4 Å². The first-order valence-electron chi connectivity index (χ1n) is 5.45. The van der Waals surface area contributed by atoms with Gasteiger partial charge in [0.25, 0.3) is 0 Å². The number of amidine groups is 1. The Balaban J connectivity index is 2.24. The summed E-state index contributed by atoms with van der Waals surface area (Å²) in [6.07, 6.45) is 4.24. The summed E-state index contributed by atoms with van der Waals surface area (Å²) >= 11 is 0.